The minimum absolute atomic E-state index is 0.0182. The molecule has 0 bridgehead atoms. The summed E-state index contributed by atoms with van der Waals surface area (Å²) in [5.41, 5.74) is 2.72. The molecule has 168 valence electrons. The number of fused-ring (bicyclic) bond motifs is 2. The normalized spacial score (nSPS) is 11.5. The van der Waals surface area contributed by atoms with Crippen molar-refractivity contribution >= 4 is 81.8 Å². The lowest BCUT2D eigenvalue weighted by molar-refractivity contribution is -0.384. The van der Waals surface area contributed by atoms with Crippen LogP contribution in [0.5, 0.6) is 0 Å². The average Bonchev–Trinajstić information content (AvgIpc) is 3.43. The second kappa shape index (κ2) is 9.05. The maximum Gasteiger partial charge on any atom is 0.290 e. The van der Waals surface area contributed by atoms with E-state index in [4.69, 9.17) is 0 Å². The van der Waals surface area contributed by atoms with Crippen molar-refractivity contribution in [1.29, 1.82) is 0 Å². The number of aryl methyl sites for hydroxylation is 1. The summed E-state index contributed by atoms with van der Waals surface area (Å²) in [5.74, 6) is -0.356. The fraction of sp³-hybridized carbons (Fsp3) is 0.0417. The van der Waals surface area contributed by atoms with Gasteiger partial charge in [-0.15, -0.1) is 11.3 Å². The van der Waals surface area contributed by atoms with Crippen molar-refractivity contribution in [3.05, 3.63) is 97.3 Å². The molecular weight excluding hydrogens is 536 g/mol. The Balaban J connectivity index is 1.57. The number of carbonyl (C=O) groups is 1. The summed E-state index contributed by atoms with van der Waals surface area (Å²) in [6.45, 7) is 2.00. The number of carbonyl (C=O) groups excluding carboxylic acids is 1. The minimum atomic E-state index is -0.448. The number of amides is 1. The Morgan fingerprint density at radius 3 is 2.62 bits per heavy atom. The Kier molecular flexibility index (Phi) is 5.94. The molecule has 0 aliphatic rings. The van der Waals surface area contributed by atoms with E-state index < -0.39 is 4.92 Å². The Morgan fingerprint density at radius 1 is 1.06 bits per heavy atom. The van der Waals surface area contributed by atoms with E-state index in [-0.39, 0.29) is 11.6 Å². The molecule has 7 nitrogen and oxygen atoms in total. The predicted octanol–water partition coefficient (Wildman–Crippen LogP) is 7.17. The zero-order chi connectivity index (χ0) is 23.8. The highest BCUT2D eigenvalue weighted by atomic mass is 79.9. The molecule has 0 atom stereocenters. The lowest BCUT2D eigenvalue weighted by atomic mass is 10.2. The van der Waals surface area contributed by atoms with Gasteiger partial charge in [-0.05, 0) is 42.8 Å². The van der Waals surface area contributed by atoms with Crippen LogP contribution in [0, 0.1) is 17.0 Å². The van der Waals surface area contributed by atoms with Gasteiger partial charge in [-0.25, -0.2) is 4.98 Å². The number of halogens is 1. The largest absolute Gasteiger partial charge is 0.290 e. The van der Waals surface area contributed by atoms with Gasteiger partial charge in [-0.2, -0.15) is 10.1 Å². The third-order valence-electron chi connectivity index (χ3n) is 5.03. The van der Waals surface area contributed by atoms with E-state index >= 15 is 0 Å². The highest BCUT2D eigenvalue weighted by Crippen LogP contribution is 2.34. The lowest BCUT2D eigenvalue weighted by Gasteiger charge is -2.12. The number of hydrogen-bond donors (Lipinski definition) is 0. The maximum absolute atomic E-state index is 13.6. The van der Waals surface area contributed by atoms with Gasteiger partial charge in [0.05, 0.1) is 26.2 Å². The van der Waals surface area contributed by atoms with Crippen molar-refractivity contribution in [2.75, 3.05) is 5.01 Å². The average molecular weight is 551 g/mol. The number of non-ortho nitro benzene ring substituents is 1. The summed E-state index contributed by atoms with van der Waals surface area (Å²) in [6, 6.07) is 19.7. The number of benzene rings is 3. The number of anilines is 1. The van der Waals surface area contributed by atoms with Gasteiger partial charge in [0, 0.05) is 26.7 Å². The van der Waals surface area contributed by atoms with Gasteiger partial charge in [-0.3, -0.25) is 14.9 Å². The molecule has 0 saturated carbocycles. The lowest BCUT2D eigenvalue weighted by Crippen LogP contribution is -2.24. The molecule has 5 aromatic rings. The third-order valence-corrected chi connectivity index (χ3v) is 7.62. The summed E-state index contributed by atoms with van der Waals surface area (Å²) in [6.07, 6.45) is 1.62. The summed E-state index contributed by atoms with van der Waals surface area (Å²) in [7, 11) is 0. The van der Waals surface area contributed by atoms with Crippen LogP contribution in [0.2, 0.25) is 0 Å². The Morgan fingerprint density at radius 2 is 1.85 bits per heavy atom. The van der Waals surface area contributed by atoms with E-state index in [1.165, 1.54) is 39.8 Å². The second-order valence-electron chi connectivity index (χ2n) is 7.47. The Hall–Kier alpha value is -3.47. The van der Waals surface area contributed by atoms with Gasteiger partial charge in [0.15, 0.2) is 0 Å². The molecule has 0 spiro atoms. The standard InChI is InChI=1S/C24H15BrN4O3S2/c1-14-2-4-15(5-3-14)13-26-28(24-27-19-8-6-17(25)12-21(19)34-24)23(30)22-11-16-10-18(29(31)32)7-9-20(16)33-22/h2-13H,1H3/b26-13+. The number of nitrogens with zero attached hydrogens (tertiary/aromatic N) is 4. The van der Waals surface area contributed by atoms with Gasteiger partial charge in [0.2, 0.25) is 5.13 Å². The van der Waals surface area contributed by atoms with E-state index in [0.717, 1.165) is 30.5 Å². The molecule has 0 saturated heterocycles. The van der Waals surface area contributed by atoms with E-state index in [9.17, 15) is 14.9 Å². The first-order valence-corrected chi connectivity index (χ1v) is 12.5. The second-order valence-corrected chi connectivity index (χ2v) is 10.5. The first-order chi connectivity index (χ1) is 16.4. The molecule has 1 amide bonds. The Labute approximate surface area is 210 Å². The molecule has 0 radical (unpaired) electrons. The molecule has 0 aliphatic carbocycles. The molecule has 0 unspecified atom stereocenters. The quantitative estimate of drug-likeness (QED) is 0.132. The van der Waals surface area contributed by atoms with Crippen LogP contribution in [0.4, 0.5) is 10.8 Å². The fourth-order valence-corrected chi connectivity index (χ4v) is 5.74. The van der Waals surface area contributed by atoms with E-state index in [0.29, 0.717) is 15.4 Å². The van der Waals surface area contributed by atoms with Crippen LogP contribution in [0.15, 0.2) is 76.3 Å². The van der Waals surface area contributed by atoms with E-state index in [2.05, 4.69) is 26.0 Å². The monoisotopic (exact) mass is 550 g/mol. The zero-order valence-corrected chi connectivity index (χ0v) is 20.9. The first-order valence-electron chi connectivity index (χ1n) is 10.1. The van der Waals surface area contributed by atoms with Crippen molar-refractivity contribution in [3.63, 3.8) is 0 Å². The zero-order valence-electron chi connectivity index (χ0n) is 17.6. The SMILES string of the molecule is Cc1ccc(/C=N/N(C(=O)c2cc3cc([N+](=O)[O-])ccc3s2)c2nc3ccc(Br)cc3s2)cc1. The van der Waals surface area contributed by atoms with Crippen LogP contribution >= 0.6 is 38.6 Å². The van der Waals surface area contributed by atoms with Gasteiger partial charge in [0.1, 0.15) is 0 Å². The third kappa shape index (κ3) is 4.47. The van der Waals surface area contributed by atoms with Crippen molar-refractivity contribution in [2.24, 2.45) is 5.10 Å². The minimum Gasteiger partial charge on any atom is -0.266 e. The summed E-state index contributed by atoms with van der Waals surface area (Å²) in [5, 5.41) is 18.0. The number of thiophene rings is 1. The molecule has 0 aliphatic heterocycles. The van der Waals surface area contributed by atoms with Crippen molar-refractivity contribution in [3.8, 4) is 0 Å². The van der Waals surface area contributed by atoms with E-state index in [1.54, 1.807) is 18.3 Å². The van der Waals surface area contributed by atoms with Gasteiger partial charge in [0.25, 0.3) is 11.6 Å². The summed E-state index contributed by atoms with van der Waals surface area (Å²) >= 11 is 6.09. The van der Waals surface area contributed by atoms with Crippen molar-refractivity contribution in [2.45, 2.75) is 6.92 Å². The number of hydrogen-bond acceptors (Lipinski definition) is 7. The fourth-order valence-electron chi connectivity index (χ4n) is 3.30. The van der Waals surface area contributed by atoms with E-state index in [1.807, 2.05) is 49.4 Å². The van der Waals surface area contributed by atoms with Crippen LogP contribution < -0.4 is 5.01 Å². The number of nitro groups is 1. The first kappa shape index (κ1) is 22.3. The van der Waals surface area contributed by atoms with Crippen LogP contribution in [0.3, 0.4) is 0 Å². The summed E-state index contributed by atoms with van der Waals surface area (Å²) in [4.78, 5) is 29.3. The van der Waals surface area contributed by atoms with Crippen LogP contribution in [0.25, 0.3) is 20.3 Å². The highest BCUT2D eigenvalue weighted by Gasteiger charge is 2.23. The molecule has 2 heterocycles. The van der Waals surface area contributed by atoms with Gasteiger partial charge in [-0.1, -0.05) is 57.1 Å². The number of nitro benzene ring substituents is 1. The molecule has 2 aromatic heterocycles. The van der Waals surface area contributed by atoms with Crippen molar-refractivity contribution in [1.82, 2.24) is 4.98 Å². The van der Waals surface area contributed by atoms with Gasteiger partial charge < -0.3 is 0 Å². The molecule has 34 heavy (non-hydrogen) atoms. The van der Waals surface area contributed by atoms with Crippen LogP contribution in [-0.2, 0) is 0 Å². The predicted molar refractivity (Wildman–Crippen MR) is 141 cm³/mol. The number of aromatic nitrogens is 1. The number of hydrazone groups is 1. The number of rotatable bonds is 5. The van der Waals surface area contributed by atoms with Crippen LogP contribution in [0.1, 0.15) is 20.8 Å². The molecular formula is C24H15BrN4O3S2. The van der Waals surface area contributed by atoms with Crippen molar-refractivity contribution < 1.29 is 9.72 Å². The molecule has 10 heteroatoms. The summed E-state index contributed by atoms with van der Waals surface area (Å²) < 4.78 is 2.62. The van der Waals surface area contributed by atoms with Crippen LogP contribution in [-0.4, -0.2) is 22.0 Å². The molecule has 0 N–H and O–H groups in total. The molecule has 3 aromatic carbocycles. The maximum atomic E-state index is 13.6. The smallest absolute Gasteiger partial charge is 0.266 e. The Bertz CT molecular complexity index is 1590. The molecule has 5 rings (SSSR count). The number of thiazole rings is 1. The van der Waals surface area contributed by atoms with Gasteiger partial charge >= 0.3 is 0 Å². The molecule has 0 fully saturated rings. The topological polar surface area (TPSA) is 88.7 Å². The highest BCUT2D eigenvalue weighted by molar-refractivity contribution is 9.10.